The first-order valence-corrected chi connectivity index (χ1v) is 6.76. The van der Waals surface area contributed by atoms with E-state index in [0.717, 1.165) is 23.1 Å². The van der Waals surface area contributed by atoms with Crippen LogP contribution in [-0.2, 0) is 7.05 Å². The average molecular weight is 275 g/mol. The van der Waals surface area contributed by atoms with Gasteiger partial charge in [0, 0.05) is 12.8 Å². The summed E-state index contributed by atoms with van der Waals surface area (Å²) in [5, 5.41) is 20.7. The van der Waals surface area contributed by atoms with Gasteiger partial charge in [0.1, 0.15) is 5.75 Å². The van der Waals surface area contributed by atoms with Gasteiger partial charge in [-0.2, -0.15) is 5.26 Å². The van der Waals surface area contributed by atoms with E-state index < -0.39 is 0 Å². The maximum Gasteiger partial charge on any atom is 0.209 e. The summed E-state index contributed by atoms with van der Waals surface area (Å²) in [7, 11) is 1.82. The highest BCUT2D eigenvalue weighted by Crippen LogP contribution is 2.15. The number of thioether (sulfide) groups is 1. The molecule has 7 heteroatoms. The first kappa shape index (κ1) is 13.4. The van der Waals surface area contributed by atoms with Crippen molar-refractivity contribution < 1.29 is 4.74 Å². The van der Waals surface area contributed by atoms with E-state index in [9.17, 15) is 0 Å². The molecule has 6 nitrogen and oxygen atoms in total. The molecule has 0 amide bonds. The SMILES string of the molecule is Cn1nnnc1SCCCOc1ccc(C#N)cc1. The number of nitriles is 1. The third kappa shape index (κ3) is 3.96. The largest absolute Gasteiger partial charge is 0.494 e. The number of benzene rings is 1. The molecule has 0 N–H and O–H groups in total. The van der Waals surface area contributed by atoms with E-state index in [1.807, 2.05) is 7.05 Å². The smallest absolute Gasteiger partial charge is 0.209 e. The standard InChI is InChI=1S/C12H13N5OS/c1-17-12(14-15-16-17)19-8-2-7-18-11-5-3-10(9-13)4-6-11/h3-6H,2,7-8H2,1H3. The molecule has 0 bridgehead atoms. The first-order chi connectivity index (χ1) is 9.29. The van der Waals surface area contributed by atoms with Crippen LogP contribution in [0.4, 0.5) is 0 Å². The van der Waals surface area contributed by atoms with Gasteiger partial charge in [-0.05, 0) is 41.1 Å². The Bertz CT molecular complexity index is 560. The molecule has 19 heavy (non-hydrogen) atoms. The Labute approximate surface area is 115 Å². The van der Waals surface area contributed by atoms with Crippen LogP contribution in [0.1, 0.15) is 12.0 Å². The normalized spacial score (nSPS) is 10.1. The number of hydrogen-bond donors (Lipinski definition) is 0. The van der Waals surface area contributed by atoms with Crippen LogP contribution in [0.25, 0.3) is 0 Å². The molecule has 0 fully saturated rings. The zero-order valence-electron chi connectivity index (χ0n) is 10.5. The highest BCUT2D eigenvalue weighted by Gasteiger charge is 2.02. The number of nitrogens with zero attached hydrogens (tertiary/aromatic N) is 5. The van der Waals surface area contributed by atoms with Crippen LogP contribution in [0.15, 0.2) is 29.4 Å². The molecule has 2 aromatic rings. The third-order valence-corrected chi connectivity index (χ3v) is 3.45. The van der Waals surface area contributed by atoms with E-state index in [-0.39, 0.29) is 0 Å². The predicted molar refractivity (Wildman–Crippen MR) is 70.8 cm³/mol. The van der Waals surface area contributed by atoms with E-state index >= 15 is 0 Å². The van der Waals surface area contributed by atoms with Crippen LogP contribution in [0.3, 0.4) is 0 Å². The minimum absolute atomic E-state index is 0.629. The lowest BCUT2D eigenvalue weighted by molar-refractivity contribution is 0.318. The number of tetrazole rings is 1. The second-order valence-corrected chi connectivity index (χ2v) is 4.83. The lowest BCUT2D eigenvalue weighted by atomic mass is 10.2. The molecule has 0 saturated heterocycles. The van der Waals surface area contributed by atoms with Gasteiger partial charge < -0.3 is 4.74 Å². The van der Waals surface area contributed by atoms with Gasteiger partial charge in [0.05, 0.1) is 18.2 Å². The fraction of sp³-hybridized carbons (Fsp3) is 0.333. The van der Waals surface area contributed by atoms with Crippen molar-refractivity contribution in [1.82, 2.24) is 20.2 Å². The molecular formula is C12H13N5OS. The maximum absolute atomic E-state index is 8.68. The Morgan fingerprint density at radius 1 is 1.37 bits per heavy atom. The van der Waals surface area contributed by atoms with E-state index in [0.29, 0.717) is 12.2 Å². The number of ether oxygens (including phenoxy) is 1. The van der Waals surface area contributed by atoms with Crippen molar-refractivity contribution in [3.05, 3.63) is 29.8 Å². The van der Waals surface area contributed by atoms with Crippen molar-refractivity contribution in [1.29, 1.82) is 5.26 Å². The second kappa shape index (κ2) is 6.75. The average Bonchev–Trinajstić information content (AvgIpc) is 2.85. The molecule has 98 valence electrons. The van der Waals surface area contributed by atoms with Crippen molar-refractivity contribution in [3.8, 4) is 11.8 Å². The van der Waals surface area contributed by atoms with Gasteiger partial charge in [-0.15, -0.1) is 5.10 Å². The van der Waals surface area contributed by atoms with Crippen LogP contribution in [0, 0.1) is 11.3 Å². The van der Waals surface area contributed by atoms with Gasteiger partial charge in [0.2, 0.25) is 5.16 Å². The summed E-state index contributed by atoms with van der Waals surface area (Å²) in [4.78, 5) is 0. The van der Waals surface area contributed by atoms with Crippen LogP contribution in [0.5, 0.6) is 5.75 Å². The van der Waals surface area contributed by atoms with Gasteiger partial charge in [-0.1, -0.05) is 11.8 Å². The van der Waals surface area contributed by atoms with Crippen LogP contribution < -0.4 is 4.74 Å². The van der Waals surface area contributed by atoms with Gasteiger partial charge >= 0.3 is 0 Å². The van der Waals surface area contributed by atoms with E-state index in [1.165, 1.54) is 0 Å². The van der Waals surface area contributed by atoms with E-state index in [4.69, 9.17) is 10.00 Å². The van der Waals surface area contributed by atoms with Gasteiger partial charge in [0.25, 0.3) is 0 Å². The zero-order chi connectivity index (χ0) is 13.5. The molecule has 0 aliphatic heterocycles. The quantitative estimate of drug-likeness (QED) is 0.589. The molecule has 0 saturated carbocycles. The Morgan fingerprint density at radius 3 is 2.79 bits per heavy atom. The Hall–Kier alpha value is -2.07. The monoisotopic (exact) mass is 275 g/mol. The summed E-state index contributed by atoms with van der Waals surface area (Å²) in [5.41, 5.74) is 0.637. The van der Waals surface area contributed by atoms with Gasteiger partial charge in [0.15, 0.2) is 0 Å². The summed E-state index contributed by atoms with van der Waals surface area (Å²) >= 11 is 1.60. The van der Waals surface area contributed by atoms with Crippen LogP contribution in [-0.4, -0.2) is 32.6 Å². The fourth-order valence-corrected chi connectivity index (χ4v) is 2.14. The molecule has 1 aromatic carbocycles. The summed E-state index contributed by atoms with van der Waals surface area (Å²) in [5.74, 6) is 1.68. The van der Waals surface area contributed by atoms with Crippen molar-refractivity contribution in [2.24, 2.45) is 7.05 Å². The van der Waals surface area contributed by atoms with Crippen LogP contribution >= 0.6 is 11.8 Å². The summed E-state index contributed by atoms with van der Waals surface area (Å²) < 4.78 is 7.22. The lowest BCUT2D eigenvalue weighted by Crippen LogP contribution is -2.00. The number of rotatable bonds is 6. The molecule has 0 aliphatic carbocycles. The predicted octanol–water partition coefficient (Wildman–Crippen LogP) is 1.64. The van der Waals surface area contributed by atoms with E-state index in [1.54, 1.807) is 40.7 Å². The Morgan fingerprint density at radius 2 is 2.16 bits per heavy atom. The number of hydrogen-bond acceptors (Lipinski definition) is 6. The van der Waals surface area contributed by atoms with Gasteiger partial charge in [-0.25, -0.2) is 4.68 Å². The lowest BCUT2D eigenvalue weighted by Gasteiger charge is -2.05. The fourth-order valence-electron chi connectivity index (χ4n) is 1.38. The minimum Gasteiger partial charge on any atom is -0.494 e. The number of aromatic nitrogens is 4. The maximum atomic E-state index is 8.68. The van der Waals surface area contributed by atoms with Crippen molar-refractivity contribution >= 4 is 11.8 Å². The Kier molecular flexibility index (Phi) is 4.75. The Balaban J connectivity index is 1.66. The molecule has 1 aromatic heterocycles. The van der Waals surface area contributed by atoms with Crippen LogP contribution in [0.2, 0.25) is 0 Å². The van der Waals surface area contributed by atoms with Crippen molar-refractivity contribution in [3.63, 3.8) is 0 Å². The molecule has 1 heterocycles. The topological polar surface area (TPSA) is 76.6 Å². The molecule has 0 unspecified atom stereocenters. The molecular weight excluding hydrogens is 262 g/mol. The summed E-state index contributed by atoms with van der Waals surface area (Å²) in [6.07, 6.45) is 0.900. The second-order valence-electron chi connectivity index (χ2n) is 3.77. The zero-order valence-corrected chi connectivity index (χ0v) is 11.3. The summed E-state index contributed by atoms with van der Waals surface area (Å²) in [6.45, 7) is 0.629. The molecule has 2 rings (SSSR count). The molecule has 0 radical (unpaired) electrons. The number of aryl methyl sites for hydroxylation is 1. The summed E-state index contributed by atoms with van der Waals surface area (Å²) in [6, 6.07) is 9.17. The highest BCUT2D eigenvalue weighted by molar-refractivity contribution is 7.99. The minimum atomic E-state index is 0.629. The van der Waals surface area contributed by atoms with Crippen molar-refractivity contribution in [2.45, 2.75) is 11.6 Å². The first-order valence-electron chi connectivity index (χ1n) is 5.77. The van der Waals surface area contributed by atoms with Crippen molar-refractivity contribution in [2.75, 3.05) is 12.4 Å². The third-order valence-electron chi connectivity index (χ3n) is 2.35. The van der Waals surface area contributed by atoms with E-state index in [2.05, 4.69) is 21.6 Å². The molecule has 0 aliphatic rings. The molecule has 0 atom stereocenters. The van der Waals surface area contributed by atoms with Gasteiger partial charge in [-0.3, -0.25) is 0 Å². The molecule has 0 spiro atoms. The highest BCUT2D eigenvalue weighted by atomic mass is 32.2.